The van der Waals surface area contributed by atoms with Crippen molar-refractivity contribution >= 4 is 44.5 Å². The molecule has 90 valence electrons. The SMILES string of the molecule is CC(C)Nc1nccn1-c1ccc(I)c(Br)c1. The van der Waals surface area contributed by atoms with E-state index in [4.69, 9.17) is 0 Å². The van der Waals surface area contributed by atoms with Crippen LogP contribution in [0.5, 0.6) is 0 Å². The normalized spacial score (nSPS) is 10.9. The van der Waals surface area contributed by atoms with Crippen LogP contribution >= 0.6 is 38.5 Å². The van der Waals surface area contributed by atoms with Gasteiger partial charge in [0, 0.05) is 32.2 Å². The van der Waals surface area contributed by atoms with E-state index in [0.717, 1.165) is 16.1 Å². The third-order valence-electron chi connectivity index (χ3n) is 2.24. The van der Waals surface area contributed by atoms with E-state index in [2.05, 4.69) is 80.9 Å². The van der Waals surface area contributed by atoms with Crippen molar-refractivity contribution in [3.63, 3.8) is 0 Å². The molecule has 1 N–H and O–H groups in total. The number of hydrogen-bond donors (Lipinski definition) is 1. The molecule has 3 nitrogen and oxygen atoms in total. The van der Waals surface area contributed by atoms with Crippen LogP contribution < -0.4 is 5.32 Å². The van der Waals surface area contributed by atoms with E-state index in [0.29, 0.717) is 6.04 Å². The first-order valence-corrected chi connectivity index (χ1v) is 7.20. The second-order valence-electron chi connectivity index (χ2n) is 4.02. The minimum absolute atomic E-state index is 0.364. The Hall–Kier alpha value is -0.560. The largest absolute Gasteiger partial charge is 0.353 e. The number of nitrogens with one attached hydrogen (secondary N) is 1. The molecule has 0 spiro atoms. The van der Waals surface area contributed by atoms with Crippen LogP contribution in [0.1, 0.15) is 13.8 Å². The van der Waals surface area contributed by atoms with Crippen LogP contribution in [-0.2, 0) is 0 Å². The van der Waals surface area contributed by atoms with Gasteiger partial charge in [0.15, 0.2) is 0 Å². The van der Waals surface area contributed by atoms with E-state index in [1.807, 2.05) is 10.8 Å². The van der Waals surface area contributed by atoms with Crippen LogP contribution in [0.2, 0.25) is 0 Å². The summed E-state index contributed by atoms with van der Waals surface area (Å²) in [4.78, 5) is 4.32. The van der Waals surface area contributed by atoms with E-state index in [-0.39, 0.29) is 0 Å². The smallest absolute Gasteiger partial charge is 0.207 e. The van der Waals surface area contributed by atoms with Crippen LogP contribution in [0.15, 0.2) is 35.1 Å². The van der Waals surface area contributed by atoms with Crippen molar-refractivity contribution in [1.29, 1.82) is 0 Å². The molecule has 0 atom stereocenters. The van der Waals surface area contributed by atoms with Gasteiger partial charge in [-0.25, -0.2) is 4.98 Å². The Balaban J connectivity index is 2.39. The Morgan fingerprint density at radius 2 is 2.18 bits per heavy atom. The molecule has 17 heavy (non-hydrogen) atoms. The molecule has 2 rings (SSSR count). The lowest BCUT2D eigenvalue weighted by Crippen LogP contribution is -2.13. The zero-order valence-electron chi connectivity index (χ0n) is 9.61. The highest BCUT2D eigenvalue weighted by molar-refractivity contribution is 14.1. The van der Waals surface area contributed by atoms with Crippen LogP contribution in [0.4, 0.5) is 5.95 Å². The Morgan fingerprint density at radius 1 is 1.41 bits per heavy atom. The summed E-state index contributed by atoms with van der Waals surface area (Å²) in [6.07, 6.45) is 3.76. The molecule has 0 aliphatic heterocycles. The fraction of sp³-hybridized carbons (Fsp3) is 0.250. The number of aromatic nitrogens is 2. The maximum Gasteiger partial charge on any atom is 0.207 e. The number of rotatable bonds is 3. The lowest BCUT2D eigenvalue weighted by Gasteiger charge is -2.12. The number of anilines is 1. The summed E-state index contributed by atoms with van der Waals surface area (Å²) in [6, 6.07) is 6.62. The standard InChI is InChI=1S/C12H13BrIN3/c1-8(2)16-12-15-5-6-17(12)9-3-4-11(14)10(13)7-9/h3-8H,1-2H3,(H,15,16). The Morgan fingerprint density at radius 3 is 2.82 bits per heavy atom. The average Bonchev–Trinajstić information content (AvgIpc) is 2.69. The molecular weight excluding hydrogens is 393 g/mol. The van der Waals surface area contributed by atoms with E-state index in [1.165, 1.54) is 3.57 Å². The molecule has 0 unspecified atom stereocenters. The van der Waals surface area contributed by atoms with Crippen LogP contribution in [0, 0.1) is 3.57 Å². The van der Waals surface area contributed by atoms with Gasteiger partial charge in [-0.15, -0.1) is 0 Å². The van der Waals surface area contributed by atoms with Crippen molar-refractivity contribution in [3.8, 4) is 5.69 Å². The molecular formula is C12H13BrIN3. The maximum atomic E-state index is 4.32. The number of imidazole rings is 1. The molecule has 0 saturated heterocycles. The highest BCUT2D eigenvalue weighted by Gasteiger charge is 2.07. The molecule has 0 aliphatic rings. The number of benzene rings is 1. The lowest BCUT2D eigenvalue weighted by atomic mass is 10.3. The monoisotopic (exact) mass is 405 g/mol. The van der Waals surface area contributed by atoms with Gasteiger partial charge in [0.1, 0.15) is 0 Å². The highest BCUT2D eigenvalue weighted by Crippen LogP contribution is 2.24. The molecule has 0 bridgehead atoms. The third-order valence-corrected chi connectivity index (χ3v) is 4.58. The quantitative estimate of drug-likeness (QED) is 0.780. The maximum absolute atomic E-state index is 4.32. The van der Waals surface area contributed by atoms with Gasteiger partial charge in [-0.1, -0.05) is 0 Å². The number of nitrogens with zero attached hydrogens (tertiary/aromatic N) is 2. The van der Waals surface area contributed by atoms with Crippen molar-refractivity contribution in [3.05, 3.63) is 38.6 Å². The van der Waals surface area contributed by atoms with Gasteiger partial charge in [0.05, 0.1) is 0 Å². The number of hydrogen-bond acceptors (Lipinski definition) is 2. The minimum Gasteiger partial charge on any atom is -0.353 e. The molecule has 5 heteroatoms. The zero-order chi connectivity index (χ0) is 12.4. The summed E-state index contributed by atoms with van der Waals surface area (Å²) < 4.78 is 4.34. The van der Waals surface area contributed by atoms with Crippen LogP contribution in [-0.4, -0.2) is 15.6 Å². The summed E-state index contributed by atoms with van der Waals surface area (Å²) in [7, 11) is 0. The van der Waals surface area contributed by atoms with E-state index in [9.17, 15) is 0 Å². The second-order valence-corrected chi connectivity index (χ2v) is 6.03. The molecule has 0 saturated carbocycles. The van der Waals surface area contributed by atoms with Crippen molar-refractivity contribution in [2.75, 3.05) is 5.32 Å². The van der Waals surface area contributed by atoms with Crippen molar-refractivity contribution < 1.29 is 0 Å². The molecule has 1 aromatic carbocycles. The van der Waals surface area contributed by atoms with Gasteiger partial charge < -0.3 is 5.32 Å². The number of halogens is 2. The van der Waals surface area contributed by atoms with Crippen LogP contribution in [0.25, 0.3) is 5.69 Å². The molecule has 0 fully saturated rings. The van der Waals surface area contributed by atoms with Gasteiger partial charge in [0.25, 0.3) is 0 Å². The van der Waals surface area contributed by atoms with Crippen molar-refractivity contribution in [2.45, 2.75) is 19.9 Å². The van der Waals surface area contributed by atoms with E-state index >= 15 is 0 Å². The van der Waals surface area contributed by atoms with Crippen molar-refractivity contribution in [2.24, 2.45) is 0 Å². The average molecular weight is 406 g/mol. The first-order valence-electron chi connectivity index (χ1n) is 5.33. The summed E-state index contributed by atoms with van der Waals surface area (Å²) >= 11 is 5.85. The Labute approximate surface area is 123 Å². The molecule has 0 aliphatic carbocycles. The van der Waals surface area contributed by atoms with Gasteiger partial charge in [-0.2, -0.15) is 0 Å². The fourth-order valence-corrected chi connectivity index (χ4v) is 2.21. The zero-order valence-corrected chi connectivity index (χ0v) is 13.4. The van der Waals surface area contributed by atoms with Gasteiger partial charge in [-0.3, -0.25) is 4.57 Å². The van der Waals surface area contributed by atoms with Crippen molar-refractivity contribution in [1.82, 2.24) is 9.55 Å². The predicted octanol–water partition coefficient (Wildman–Crippen LogP) is 4.06. The first kappa shape index (κ1) is 12.9. The molecule has 1 aromatic heterocycles. The van der Waals surface area contributed by atoms with Crippen LogP contribution in [0.3, 0.4) is 0 Å². The summed E-state index contributed by atoms with van der Waals surface area (Å²) in [5.74, 6) is 0.869. The lowest BCUT2D eigenvalue weighted by molar-refractivity contribution is 0.864. The van der Waals surface area contributed by atoms with Gasteiger partial charge in [-0.05, 0) is 70.6 Å². The topological polar surface area (TPSA) is 29.9 Å². The fourth-order valence-electron chi connectivity index (χ4n) is 1.51. The second kappa shape index (κ2) is 5.39. The van der Waals surface area contributed by atoms with E-state index < -0.39 is 0 Å². The minimum atomic E-state index is 0.364. The molecule has 2 aromatic rings. The summed E-state index contributed by atoms with van der Waals surface area (Å²) in [5.41, 5.74) is 1.10. The third kappa shape index (κ3) is 3.01. The van der Waals surface area contributed by atoms with Gasteiger partial charge >= 0.3 is 0 Å². The molecule has 0 amide bonds. The highest BCUT2D eigenvalue weighted by atomic mass is 127. The first-order chi connectivity index (χ1) is 8.08. The van der Waals surface area contributed by atoms with Gasteiger partial charge in [0.2, 0.25) is 5.95 Å². The molecule has 0 radical (unpaired) electrons. The summed E-state index contributed by atoms with van der Waals surface area (Å²) in [5, 5.41) is 3.32. The summed E-state index contributed by atoms with van der Waals surface area (Å²) in [6.45, 7) is 4.20. The molecule has 1 heterocycles. The Kier molecular flexibility index (Phi) is 4.09. The Bertz CT molecular complexity index is 522. The van der Waals surface area contributed by atoms with E-state index in [1.54, 1.807) is 6.20 Å². The predicted molar refractivity (Wildman–Crippen MR) is 82.7 cm³/mol.